The zero-order valence-electron chi connectivity index (χ0n) is 13.7. The molecule has 0 aliphatic carbocycles. The van der Waals surface area contributed by atoms with Gasteiger partial charge in [-0.05, 0) is 43.4 Å². The molecule has 1 aromatic carbocycles. The minimum atomic E-state index is -0.378. The largest absolute Gasteiger partial charge is 0.353 e. The number of amides is 1. The zero-order valence-corrected chi connectivity index (χ0v) is 15.4. The summed E-state index contributed by atoms with van der Waals surface area (Å²) in [4.78, 5) is 14.5. The molecule has 1 saturated heterocycles. The molecule has 1 amide bonds. The molecule has 23 heavy (non-hydrogen) atoms. The number of nitrogens with zero attached hydrogens (tertiary/aromatic N) is 1. The number of carbonyl (C=O) groups is 1. The Hall–Kier alpha value is -0.750. The third-order valence-electron chi connectivity index (χ3n) is 4.21. The number of hydrogen-bond donors (Lipinski definition) is 2. The number of nitrogens with one attached hydrogen (secondary N) is 1. The second-order valence-corrected chi connectivity index (χ2v) is 6.87. The normalized spacial score (nSPS) is 19.1. The number of thioether (sulfide) groups is 1. The molecule has 0 saturated carbocycles. The van der Waals surface area contributed by atoms with Crippen molar-refractivity contribution in [2.45, 2.75) is 37.9 Å². The third-order valence-corrected chi connectivity index (χ3v) is 4.85. The smallest absolute Gasteiger partial charge is 0.237 e. The Morgan fingerprint density at radius 3 is 2.87 bits per heavy atom. The molecule has 0 aromatic heterocycles. The van der Waals surface area contributed by atoms with Crippen LogP contribution in [0.1, 0.15) is 24.8 Å². The van der Waals surface area contributed by atoms with Crippen LogP contribution in [0.4, 0.5) is 0 Å². The van der Waals surface area contributed by atoms with Crippen molar-refractivity contribution in [2.75, 3.05) is 25.1 Å². The van der Waals surface area contributed by atoms with Crippen molar-refractivity contribution in [1.29, 1.82) is 0 Å². The van der Waals surface area contributed by atoms with E-state index in [2.05, 4.69) is 34.5 Å². The molecule has 0 radical (unpaired) electrons. The van der Waals surface area contributed by atoms with Gasteiger partial charge in [0, 0.05) is 19.1 Å². The molecular weight excluding hydrogens is 330 g/mol. The van der Waals surface area contributed by atoms with Crippen molar-refractivity contribution in [3.05, 3.63) is 35.9 Å². The molecule has 1 fully saturated rings. The summed E-state index contributed by atoms with van der Waals surface area (Å²) >= 11 is 1.72. The van der Waals surface area contributed by atoms with Gasteiger partial charge in [-0.1, -0.05) is 30.3 Å². The summed E-state index contributed by atoms with van der Waals surface area (Å²) in [6.07, 6.45) is 5.12. The fraction of sp³-hybridized carbons (Fsp3) is 0.588. The molecule has 2 rings (SSSR count). The lowest BCUT2D eigenvalue weighted by atomic mass is 10.1. The van der Waals surface area contributed by atoms with Gasteiger partial charge in [0.05, 0.1) is 6.04 Å². The van der Waals surface area contributed by atoms with Crippen LogP contribution in [0.5, 0.6) is 0 Å². The number of carbonyl (C=O) groups excluding carboxylic acids is 1. The highest BCUT2D eigenvalue weighted by Crippen LogP contribution is 2.19. The minimum Gasteiger partial charge on any atom is -0.353 e. The summed E-state index contributed by atoms with van der Waals surface area (Å²) in [6, 6.07) is 10.6. The van der Waals surface area contributed by atoms with E-state index >= 15 is 0 Å². The Bertz CT molecular complexity index is 460. The van der Waals surface area contributed by atoms with Crippen LogP contribution in [-0.4, -0.2) is 48.0 Å². The summed E-state index contributed by atoms with van der Waals surface area (Å²) in [7, 11) is 0. The van der Waals surface area contributed by atoms with Crippen LogP contribution in [0.25, 0.3) is 0 Å². The monoisotopic (exact) mass is 357 g/mol. The Kier molecular flexibility index (Phi) is 9.63. The first-order chi connectivity index (χ1) is 10.7. The lowest BCUT2D eigenvalue weighted by Gasteiger charge is -2.25. The fourth-order valence-corrected chi connectivity index (χ4v) is 3.37. The number of rotatable bonds is 8. The molecule has 1 aliphatic rings. The van der Waals surface area contributed by atoms with E-state index in [1.807, 2.05) is 12.3 Å². The van der Waals surface area contributed by atoms with Crippen molar-refractivity contribution in [3.8, 4) is 0 Å². The number of halogens is 1. The highest BCUT2D eigenvalue weighted by Gasteiger charge is 2.25. The number of likely N-dealkylation sites (tertiary alicyclic amines) is 1. The lowest BCUT2D eigenvalue weighted by molar-refractivity contribution is -0.122. The molecule has 1 unspecified atom stereocenters. The Labute approximate surface area is 150 Å². The van der Waals surface area contributed by atoms with Crippen LogP contribution >= 0.6 is 24.2 Å². The van der Waals surface area contributed by atoms with Crippen molar-refractivity contribution in [3.63, 3.8) is 0 Å². The zero-order chi connectivity index (χ0) is 15.8. The van der Waals surface area contributed by atoms with Crippen LogP contribution in [0, 0.1) is 0 Å². The van der Waals surface area contributed by atoms with E-state index in [4.69, 9.17) is 5.73 Å². The quantitative estimate of drug-likeness (QED) is 0.749. The lowest BCUT2D eigenvalue weighted by Crippen LogP contribution is -2.46. The predicted molar refractivity (Wildman–Crippen MR) is 101 cm³/mol. The van der Waals surface area contributed by atoms with Crippen molar-refractivity contribution >= 4 is 30.1 Å². The molecular formula is C17H28ClN3OS. The van der Waals surface area contributed by atoms with E-state index in [1.165, 1.54) is 12.0 Å². The molecule has 3 N–H and O–H groups in total. The van der Waals surface area contributed by atoms with Crippen molar-refractivity contribution in [2.24, 2.45) is 5.73 Å². The SMILES string of the molecule is CSCC[C@H](N)C(=O)NCC1CCCN1Cc1ccccc1.Cl. The van der Waals surface area contributed by atoms with Gasteiger partial charge >= 0.3 is 0 Å². The second kappa shape index (κ2) is 10.9. The van der Waals surface area contributed by atoms with Gasteiger partial charge in [0.1, 0.15) is 0 Å². The van der Waals surface area contributed by atoms with E-state index in [0.717, 1.165) is 31.7 Å². The van der Waals surface area contributed by atoms with Crippen LogP contribution in [0.2, 0.25) is 0 Å². The van der Waals surface area contributed by atoms with E-state index in [9.17, 15) is 4.79 Å². The molecule has 4 nitrogen and oxygen atoms in total. The van der Waals surface area contributed by atoms with Gasteiger partial charge in [-0.3, -0.25) is 9.69 Å². The van der Waals surface area contributed by atoms with Gasteiger partial charge in [-0.2, -0.15) is 11.8 Å². The van der Waals surface area contributed by atoms with Gasteiger partial charge in [0.25, 0.3) is 0 Å². The third kappa shape index (κ3) is 6.71. The minimum absolute atomic E-state index is 0. The van der Waals surface area contributed by atoms with Crippen LogP contribution < -0.4 is 11.1 Å². The summed E-state index contributed by atoms with van der Waals surface area (Å²) in [5.41, 5.74) is 7.24. The molecule has 0 bridgehead atoms. The van der Waals surface area contributed by atoms with Crippen molar-refractivity contribution < 1.29 is 4.79 Å². The van der Waals surface area contributed by atoms with Crippen LogP contribution in [0.3, 0.4) is 0 Å². The first-order valence-corrected chi connectivity index (χ1v) is 9.40. The molecule has 1 aromatic rings. The first-order valence-electron chi connectivity index (χ1n) is 8.01. The standard InChI is InChI=1S/C17H27N3OS.ClH/c1-22-11-9-16(18)17(21)19-12-15-8-5-10-20(15)13-14-6-3-2-4-7-14;/h2-4,6-7,15-16H,5,8-13,18H2,1H3,(H,19,21);1H/t15?,16-;/m0./s1. The second-order valence-electron chi connectivity index (χ2n) is 5.89. The maximum atomic E-state index is 12.0. The highest BCUT2D eigenvalue weighted by molar-refractivity contribution is 7.98. The summed E-state index contributed by atoms with van der Waals surface area (Å²) in [6.45, 7) is 2.77. The van der Waals surface area contributed by atoms with Crippen molar-refractivity contribution in [1.82, 2.24) is 10.2 Å². The molecule has 0 spiro atoms. The molecule has 1 aliphatic heterocycles. The maximum Gasteiger partial charge on any atom is 0.237 e. The Morgan fingerprint density at radius 1 is 1.43 bits per heavy atom. The Morgan fingerprint density at radius 2 is 2.17 bits per heavy atom. The highest BCUT2D eigenvalue weighted by atomic mass is 35.5. The van der Waals surface area contributed by atoms with E-state index in [0.29, 0.717) is 12.6 Å². The van der Waals surface area contributed by atoms with E-state index in [-0.39, 0.29) is 24.4 Å². The summed E-state index contributed by atoms with van der Waals surface area (Å²) in [5.74, 6) is 0.915. The van der Waals surface area contributed by atoms with Crippen LogP contribution in [-0.2, 0) is 11.3 Å². The van der Waals surface area contributed by atoms with Crippen LogP contribution in [0.15, 0.2) is 30.3 Å². The molecule has 2 atom stereocenters. The number of nitrogens with two attached hydrogens (primary N) is 1. The summed E-state index contributed by atoms with van der Waals surface area (Å²) in [5, 5.41) is 3.03. The van der Waals surface area contributed by atoms with Gasteiger partial charge in [0.2, 0.25) is 5.91 Å². The number of hydrogen-bond acceptors (Lipinski definition) is 4. The molecule has 130 valence electrons. The van der Waals surface area contributed by atoms with E-state index in [1.54, 1.807) is 11.8 Å². The average Bonchev–Trinajstić information content (AvgIpc) is 2.98. The van der Waals surface area contributed by atoms with Gasteiger partial charge in [-0.15, -0.1) is 12.4 Å². The Balaban J connectivity index is 0.00000264. The molecule has 1 heterocycles. The van der Waals surface area contributed by atoms with Gasteiger partial charge < -0.3 is 11.1 Å². The topological polar surface area (TPSA) is 58.4 Å². The summed E-state index contributed by atoms with van der Waals surface area (Å²) < 4.78 is 0. The maximum absolute atomic E-state index is 12.0. The first kappa shape index (κ1) is 20.3. The van der Waals surface area contributed by atoms with Gasteiger partial charge in [0.15, 0.2) is 0 Å². The predicted octanol–water partition coefficient (Wildman–Crippen LogP) is 2.27. The fourth-order valence-electron chi connectivity index (χ4n) is 2.88. The van der Waals surface area contributed by atoms with Gasteiger partial charge in [-0.25, -0.2) is 0 Å². The van der Waals surface area contributed by atoms with E-state index < -0.39 is 0 Å². The average molecular weight is 358 g/mol. The molecule has 6 heteroatoms. The number of benzene rings is 1.